The summed E-state index contributed by atoms with van der Waals surface area (Å²) in [5.41, 5.74) is 6.61. The molecule has 100 valence electrons. The van der Waals surface area contributed by atoms with Gasteiger partial charge in [-0.05, 0) is 18.9 Å². The lowest BCUT2D eigenvalue weighted by atomic mass is 9.88. The van der Waals surface area contributed by atoms with E-state index in [1.165, 1.54) is 0 Å². The molecule has 6 heteroatoms. The minimum absolute atomic E-state index is 0.189. The summed E-state index contributed by atoms with van der Waals surface area (Å²) in [7, 11) is 1.91. The molecule has 0 atom stereocenters. The molecule has 1 fully saturated rings. The van der Waals surface area contributed by atoms with Crippen LogP contribution in [0.3, 0.4) is 0 Å². The quantitative estimate of drug-likeness (QED) is 0.873. The second kappa shape index (κ2) is 5.58. The van der Waals surface area contributed by atoms with Crippen LogP contribution in [0.5, 0.6) is 0 Å². The molecule has 1 aromatic heterocycles. The van der Waals surface area contributed by atoms with Crippen molar-refractivity contribution in [2.45, 2.75) is 38.1 Å². The molecule has 2 N–H and O–H groups in total. The molecule has 1 aliphatic carbocycles. The molecule has 0 spiro atoms. The van der Waals surface area contributed by atoms with Crippen molar-refractivity contribution < 1.29 is 13.5 Å². The zero-order chi connectivity index (χ0) is 13.1. The number of aromatic nitrogens is 1. The molecule has 0 aliphatic heterocycles. The van der Waals surface area contributed by atoms with E-state index >= 15 is 0 Å². The van der Waals surface area contributed by atoms with Crippen molar-refractivity contribution in [3.63, 3.8) is 0 Å². The van der Waals surface area contributed by atoms with Crippen LogP contribution in [0.15, 0.2) is 18.3 Å². The maximum absolute atomic E-state index is 12.0. The molecule has 4 nitrogen and oxygen atoms in total. The first-order valence-corrected chi connectivity index (χ1v) is 5.92. The maximum Gasteiger partial charge on any atom is 0.345 e. The number of rotatable bonds is 5. The van der Waals surface area contributed by atoms with Crippen molar-refractivity contribution in [2.75, 3.05) is 11.9 Å². The van der Waals surface area contributed by atoms with E-state index in [1.54, 1.807) is 6.20 Å². The Morgan fingerprint density at radius 1 is 1.56 bits per heavy atom. The molecule has 1 saturated carbocycles. The van der Waals surface area contributed by atoms with E-state index in [2.05, 4.69) is 9.72 Å². The highest BCUT2D eigenvalue weighted by atomic mass is 19.3. The predicted octanol–water partition coefficient (Wildman–Crippen LogP) is 1.75. The van der Waals surface area contributed by atoms with E-state index in [0.29, 0.717) is 19.4 Å². The van der Waals surface area contributed by atoms with Crippen molar-refractivity contribution in [1.82, 2.24) is 4.98 Å². The lowest BCUT2D eigenvalue weighted by Gasteiger charge is -2.41. The molecule has 1 aliphatic rings. The van der Waals surface area contributed by atoms with Crippen LogP contribution in [-0.2, 0) is 11.3 Å². The highest BCUT2D eigenvalue weighted by Gasteiger charge is 2.35. The Kier molecular flexibility index (Phi) is 4.08. The molecular weight excluding hydrogens is 240 g/mol. The fraction of sp³-hybridized carbons (Fsp3) is 0.583. The number of hydrogen-bond donors (Lipinski definition) is 1. The SMILES string of the molecule is CN(c1ncccc1CN)C1CC(OC(F)F)C1. The summed E-state index contributed by atoms with van der Waals surface area (Å²) < 4.78 is 28.5. The minimum atomic E-state index is -2.68. The minimum Gasteiger partial charge on any atom is -0.356 e. The van der Waals surface area contributed by atoms with E-state index in [-0.39, 0.29) is 12.1 Å². The lowest BCUT2D eigenvalue weighted by molar-refractivity contribution is -0.183. The molecule has 0 aromatic carbocycles. The van der Waals surface area contributed by atoms with E-state index in [9.17, 15) is 8.78 Å². The standard InChI is InChI=1S/C12H17F2N3O/c1-17(9-5-10(6-9)18-12(13)14)11-8(7-15)3-2-4-16-11/h2-4,9-10,12H,5-7,15H2,1H3. The van der Waals surface area contributed by atoms with Gasteiger partial charge in [-0.25, -0.2) is 4.98 Å². The summed E-state index contributed by atoms with van der Waals surface area (Å²) in [6, 6.07) is 3.95. The van der Waals surface area contributed by atoms with Gasteiger partial charge in [-0.2, -0.15) is 8.78 Å². The number of pyridine rings is 1. The van der Waals surface area contributed by atoms with E-state index in [1.807, 2.05) is 24.1 Å². The number of nitrogens with two attached hydrogens (primary N) is 1. The topological polar surface area (TPSA) is 51.4 Å². The predicted molar refractivity (Wildman–Crippen MR) is 64.4 cm³/mol. The molecule has 0 saturated heterocycles. The van der Waals surface area contributed by atoms with Gasteiger partial charge >= 0.3 is 6.61 Å². The van der Waals surface area contributed by atoms with Crippen LogP contribution in [0.25, 0.3) is 0 Å². The van der Waals surface area contributed by atoms with Crippen molar-refractivity contribution in [3.8, 4) is 0 Å². The first-order chi connectivity index (χ1) is 8.61. The van der Waals surface area contributed by atoms with Crippen molar-refractivity contribution in [2.24, 2.45) is 5.73 Å². The first kappa shape index (κ1) is 13.2. The van der Waals surface area contributed by atoms with Crippen LogP contribution < -0.4 is 10.6 Å². The number of anilines is 1. The molecule has 0 radical (unpaired) electrons. The summed E-state index contributed by atoms with van der Waals surface area (Å²) in [6.45, 7) is -2.27. The lowest BCUT2D eigenvalue weighted by Crippen LogP contribution is -2.47. The first-order valence-electron chi connectivity index (χ1n) is 5.92. The van der Waals surface area contributed by atoms with Gasteiger partial charge in [-0.15, -0.1) is 0 Å². The summed E-state index contributed by atoms with van der Waals surface area (Å²) in [5.74, 6) is 0.820. The van der Waals surface area contributed by atoms with Crippen LogP contribution in [0.2, 0.25) is 0 Å². The second-order valence-corrected chi connectivity index (χ2v) is 4.45. The monoisotopic (exact) mass is 257 g/mol. The van der Waals surface area contributed by atoms with E-state index in [0.717, 1.165) is 11.4 Å². The third kappa shape index (κ3) is 2.76. The van der Waals surface area contributed by atoms with Crippen LogP contribution in [-0.4, -0.2) is 30.8 Å². The van der Waals surface area contributed by atoms with Crippen molar-refractivity contribution >= 4 is 5.82 Å². The number of alkyl halides is 2. The van der Waals surface area contributed by atoms with Gasteiger partial charge in [0.25, 0.3) is 0 Å². The number of hydrogen-bond acceptors (Lipinski definition) is 4. The van der Waals surface area contributed by atoms with Gasteiger partial charge in [0.1, 0.15) is 5.82 Å². The molecule has 0 bridgehead atoms. The Hall–Kier alpha value is -1.27. The van der Waals surface area contributed by atoms with Crippen LogP contribution in [0.4, 0.5) is 14.6 Å². The second-order valence-electron chi connectivity index (χ2n) is 4.45. The van der Waals surface area contributed by atoms with Gasteiger partial charge in [0.2, 0.25) is 0 Å². The number of halogens is 2. The van der Waals surface area contributed by atoms with Gasteiger partial charge in [0.05, 0.1) is 6.10 Å². The third-order valence-electron chi connectivity index (χ3n) is 3.33. The Bertz CT molecular complexity index is 397. The Morgan fingerprint density at radius 3 is 2.89 bits per heavy atom. The summed E-state index contributed by atoms with van der Waals surface area (Å²) >= 11 is 0. The van der Waals surface area contributed by atoms with Gasteiger partial charge in [-0.1, -0.05) is 6.07 Å². The number of nitrogens with zero attached hydrogens (tertiary/aromatic N) is 2. The Morgan fingerprint density at radius 2 is 2.28 bits per heavy atom. The summed E-state index contributed by atoms with van der Waals surface area (Å²) in [5, 5.41) is 0. The average Bonchev–Trinajstić information content (AvgIpc) is 2.32. The normalized spacial score (nSPS) is 22.9. The summed E-state index contributed by atoms with van der Waals surface area (Å²) in [4.78, 5) is 6.29. The largest absolute Gasteiger partial charge is 0.356 e. The maximum atomic E-state index is 12.0. The highest BCUT2D eigenvalue weighted by Crippen LogP contribution is 2.32. The van der Waals surface area contributed by atoms with Crippen molar-refractivity contribution in [3.05, 3.63) is 23.9 Å². The molecule has 1 aromatic rings. The van der Waals surface area contributed by atoms with Crippen LogP contribution in [0, 0.1) is 0 Å². The smallest absolute Gasteiger partial charge is 0.345 e. The fourth-order valence-electron chi connectivity index (χ4n) is 2.19. The molecule has 18 heavy (non-hydrogen) atoms. The molecule has 1 heterocycles. The van der Waals surface area contributed by atoms with Crippen molar-refractivity contribution in [1.29, 1.82) is 0 Å². The Labute approximate surface area is 105 Å². The van der Waals surface area contributed by atoms with E-state index < -0.39 is 6.61 Å². The Balaban J connectivity index is 1.95. The molecule has 0 unspecified atom stereocenters. The molecular formula is C12H17F2N3O. The zero-order valence-corrected chi connectivity index (χ0v) is 10.2. The van der Waals surface area contributed by atoms with Gasteiger partial charge in [0.15, 0.2) is 0 Å². The van der Waals surface area contributed by atoms with Gasteiger partial charge < -0.3 is 15.4 Å². The molecule has 2 rings (SSSR count). The average molecular weight is 257 g/mol. The molecule has 0 amide bonds. The van der Waals surface area contributed by atoms with Gasteiger partial charge in [-0.3, -0.25) is 0 Å². The van der Waals surface area contributed by atoms with E-state index in [4.69, 9.17) is 5.73 Å². The van der Waals surface area contributed by atoms with Gasteiger partial charge in [0, 0.05) is 31.4 Å². The fourth-order valence-corrected chi connectivity index (χ4v) is 2.19. The van der Waals surface area contributed by atoms with Crippen LogP contribution in [0.1, 0.15) is 18.4 Å². The summed E-state index contributed by atoms with van der Waals surface area (Å²) in [6.07, 6.45) is 2.56. The number of ether oxygens (including phenoxy) is 1. The highest BCUT2D eigenvalue weighted by molar-refractivity contribution is 5.47. The van der Waals surface area contributed by atoms with Crippen LogP contribution >= 0.6 is 0 Å². The zero-order valence-electron chi connectivity index (χ0n) is 10.2. The third-order valence-corrected chi connectivity index (χ3v) is 3.33.